The molecule has 0 amide bonds. The average molecular weight is 516 g/mol. The van der Waals surface area contributed by atoms with Crippen molar-refractivity contribution in [3.8, 4) is 33.4 Å². The van der Waals surface area contributed by atoms with Crippen LogP contribution in [-0.4, -0.2) is 0 Å². The van der Waals surface area contributed by atoms with Crippen LogP contribution >= 0.6 is 0 Å². The first-order valence-corrected chi connectivity index (χ1v) is 13.1. The van der Waals surface area contributed by atoms with Crippen LogP contribution in [0.25, 0.3) is 76.5 Å². The zero-order valence-electron chi connectivity index (χ0n) is 30.3. The van der Waals surface area contributed by atoms with Crippen molar-refractivity contribution >= 4 is 43.1 Å². The molecule has 8 aromatic rings. The Morgan fingerprint density at radius 2 is 1.02 bits per heavy atom. The van der Waals surface area contributed by atoms with E-state index in [1.165, 1.54) is 24.3 Å². The van der Waals surface area contributed by atoms with Crippen molar-refractivity contribution in [2.45, 2.75) is 0 Å². The molecule has 0 fully saturated rings. The van der Waals surface area contributed by atoms with Gasteiger partial charge in [0.2, 0.25) is 0 Å². The molecule has 0 bridgehead atoms. The Morgan fingerprint density at radius 3 is 1.85 bits per heavy atom. The second kappa shape index (κ2) is 9.22. The van der Waals surface area contributed by atoms with E-state index in [4.69, 9.17) is 9.60 Å². The maximum atomic E-state index is 9.24. The summed E-state index contributed by atoms with van der Waals surface area (Å²) in [7, 11) is 0. The van der Waals surface area contributed by atoms with E-state index in [0.717, 1.165) is 32.7 Å². The highest BCUT2D eigenvalue weighted by Crippen LogP contribution is 2.46. The second-order valence-corrected chi connectivity index (χ2v) is 9.78. The van der Waals surface area contributed by atoms with Gasteiger partial charge in [-0.2, -0.15) is 0 Å². The van der Waals surface area contributed by atoms with Gasteiger partial charge in [0.05, 0.1) is 12.3 Å². The van der Waals surface area contributed by atoms with E-state index in [1.54, 1.807) is 0 Å². The van der Waals surface area contributed by atoms with Gasteiger partial charge in [0.15, 0.2) is 0 Å². The number of fused-ring (bicyclic) bond motifs is 4. The fourth-order valence-electron chi connectivity index (χ4n) is 5.85. The molecule has 0 nitrogen and oxygen atoms in total. The van der Waals surface area contributed by atoms with Crippen LogP contribution in [0.2, 0.25) is 0 Å². The van der Waals surface area contributed by atoms with Gasteiger partial charge in [0, 0.05) is 0 Å². The molecule has 0 aliphatic carbocycles. The third-order valence-electron chi connectivity index (χ3n) is 7.60. The van der Waals surface area contributed by atoms with E-state index < -0.39 is 0 Å². The molecular formula is C40H26. The summed E-state index contributed by atoms with van der Waals surface area (Å²) < 4.78 is 79.4. The van der Waals surface area contributed by atoms with Crippen LogP contribution in [0.3, 0.4) is 0 Å². The zero-order chi connectivity index (χ0) is 34.3. The third-order valence-corrected chi connectivity index (χ3v) is 7.60. The fraction of sp³-hybridized carbons (Fsp3) is 0. The van der Waals surface area contributed by atoms with Gasteiger partial charge in [-0.1, -0.05) is 151 Å². The molecule has 0 saturated heterocycles. The van der Waals surface area contributed by atoms with Crippen LogP contribution in [0.4, 0.5) is 0 Å². The van der Waals surface area contributed by atoms with Crippen molar-refractivity contribution < 1.29 is 12.3 Å². The Kier molecular flexibility index (Phi) is 3.55. The van der Waals surface area contributed by atoms with Gasteiger partial charge in [-0.3, -0.25) is 0 Å². The Balaban J connectivity index is 1.58. The Labute approximate surface area is 246 Å². The monoisotopic (exact) mass is 515 g/mol. The third kappa shape index (κ3) is 3.54. The lowest BCUT2D eigenvalue weighted by Crippen LogP contribution is -1.92. The maximum Gasteiger partial charge on any atom is 0.0629 e. The number of hydrogen-bond donors (Lipinski definition) is 0. The van der Waals surface area contributed by atoms with Crippen LogP contribution in [0, 0.1) is 0 Å². The quantitative estimate of drug-likeness (QED) is 0.205. The highest BCUT2D eigenvalue weighted by Gasteiger charge is 2.18. The van der Waals surface area contributed by atoms with Gasteiger partial charge in [-0.25, -0.2) is 0 Å². The van der Waals surface area contributed by atoms with Crippen molar-refractivity contribution in [2.24, 2.45) is 0 Å². The maximum absolute atomic E-state index is 9.24. The highest BCUT2D eigenvalue weighted by molar-refractivity contribution is 6.24. The molecule has 0 heteroatoms. The number of hydrogen-bond acceptors (Lipinski definition) is 0. The lowest BCUT2D eigenvalue weighted by Gasteiger charge is -2.19. The van der Waals surface area contributed by atoms with E-state index in [-0.39, 0.29) is 87.1 Å². The predicted octanol–water partition coefficient (Wildman–Crippen LogP) is 11.3. The van der Waals surface area contributed by atoms with Crippen molar-refractivity contribution in [1.29, 1.82) is 0 Å². The summed E-state index contributed by atoms with van der Waals surface area (Å²) in [6.45, 7) is 0. The minimum absolute atomic E-state index is 0.0760. The molecule has 0 atom stereocenters. The van der Waals surface area contributed by atoms with Crippen molar-refractivity contribution in [1.82, 2.24) is 0 Å². The van der Waals surface area contributed by atoms with Gasteiger partial charge in [0.1, 0.15) is 0 Å². The Hall–Kier alpha value is -5.20. The van der Waals surface area contributed by atoms with E-state index in [9.17, 15) is 2.74 Å². The molecule has 0 saturated carbocycles. The van der Waals surface area contributed by atoms with Gasteiger partial charge in [0.25, 0.3) is 0 Å². The average Bonchev–Trinajstić information content (AvgIpc) is 3.10. The summed E-state index contributed by atoms with van der Waals surface area (Å²) in [6, 6.07) is 29.8. The Bertz CT molecular complexity index is 2710. The summed E-state index contributed by atoms with van der Waals surface area (Å²) in [5.41, 5.74) is 3.35. The smallest absolute Gasteiger partial charge is 0.0622 e. The Morgan fingerprint density at radius 1 is 0.350 bits per heavy atom. The summed E-state index contributed by atoms with van der Waals surface area (Å²) in [5.74, 6) is 0. The molecule has 0 aliphatic heterocycles. The molecule has 0 N–H and O–H groups in total. The second-order valence-electron chi connectivity index (χ2n) is 9.78. The molecular weight excluding hydrogens is 480 g/mol. The lowest BCUT2D eigenvalue weighted by atomic mass is 9.84. The number of rotatable bonds is 3. The molecule has 0 aromatic heterocycles. The first-order chi connectivity index (χ1) is 23.6. The molecule has 186 valence electrons. The largest absolute Gasteiger partial charge is 0.0629 e. The van der Waals surface area contributed by atoms with Crippen molar-refractivity contribution in [3.05, 3.63) is 158 Å². The molecule has 0 heterocycles. The molecule has 8 aromatic carbocycles. The summed E-state index contributed by atoms with van der Waals surface area (Å²) >= 11 is 0. The minimum atomic E-state index is -0.340. The van der Waals surface area contributed by atoms with Crippen molar-refractivity contribution in [2.75, 3.05) is 0 Å². The van der Waals surface area contributed by atoms with Gasteiger partial charge in [-0.05, 0) is 82.5 Å². The molecule has 0 radical (unpaired) electrons. The van der Waals surface area contributed by atoms with Gasteiger partial charge >= 0.3 is 0 Å². The normalized spacial score (nSPS) is 14.7. The SMILES string of the molecule is [2H]c1ccc(-c2c3c([2H])cc([2H])c([2H])c3c(-c3cccc4c(-c5ccc6ccccc6c5)cccc34)c3c([2H])cc([2H])c([2H])c23)c([2H])c1[2H]. The molecule has 8 rings (SSSR count). The minimum Gasteiger partial charge on any atom is -0.0622 e. The van der Waals surface area contributed by atoms with Crippen LogP contribution in [-0.2, 0) is 0 Å². The number of benzene rings is 8. The molecule has 0 spiro atoms. The highest BCUT2D eigenvalue weighted by atomic mass is 14.2. The van der Waals surface area contributed by atoms with Crippen LogP contribution in [0.15, 0.2) is 158 Å². The van der Waals surface area contributed by atoms with Crippen LogP contribution in [0.1, 0.15) is 12.3 Å². The van der Waals surface area contributed by atoms with E-state index in [0.29, 0.717) is 11.1 Å². The topological polar surface area (TPSA) is 0 Å². The summed E-state index contributed by atoms with van der Waals surface area (Å²) in [6.07, 6.45) is 0. The van der Waals surface area contributed by atoms with E-state index in [2.05, 4.69) is 30.3 Å². The molecule has 40 heavy (non-hydrogen) atoms. The fourth-order valence-corrected chi connectivity index (χ4v) is 5.85. The summed E-state index contributed by atoms with van der Waals surface area (Å²) in [4.78, 5) is 0. The van der Waals surface area contributed by atoms with Gasteiger partial charge < -0.3 is 0 Å². The molecule has 0 aliphatic rings. The van der Waals surface area contributed by atoms with E-state index in [1.807, 2.05) is 48.5 Å². The standard InChI is InChI=1S/C40H26/c1-2-13-28(14-3-1)39-35-16-6-8-18-37(35)40(38-19-9-7-17-36(38)39)34-23-11-21-32-31(20-10-22-33(32)34)30-25-24-27-12-4-5-15-29(27)26-30/h1-26H/i1D,2D,6D,9D,13D,16D,17D,18D,19D. The predicted molar refractivity (Wildman–Crippen MR) is 173 cm³/mol. The zero-order valence-corrected chi connectivity index (χ0v) is 21.3. The molecule has 0 unspecified atom stereocenters. The lowest BCUT2D eigenvalue weighted by molar-refractivity contribution is 1.65. The van der Waals surface area contributed by atoms with E-state index >= 15 is 0 Å². The van der Waals surface area contributed by atoms with Crippen molar-refractivity contribution in [3.63, 3.8) is 0 Å². The first kappa shape index (κ1) is 15.4. The van der Waals surface area contributed by atoms with Crippen LogP contribution in [0.5, 0.6) is 0 Å². The summed E-state index contributed by atoms with van der Waals surface area (Å²) in [5, 5.41) is 4.75. The first-order valence-electron chi connectivity index (χ1n) is 17.6. The van der Waals surface area contributed by atoms with Gasteiger partial charge in [-0.15, -0.1) is 0 Å². The van der Waals surface area contributed by atoms with Crippen LogP contribution < -0.4 is 0 Å².